The van der Waals surface area contributed by atoms with Gasteiger partial charge >= 0.3 is 0 Å². The average molecular weight is 281 g/mol. The Bertz CT molecular complexity index is 494. The van der Waals surface area contributed by atoms with Gasteiger partial charge in [0.05, 0.1) is 0 Å². The van der Waals surface area contributed by atoms with Gasteiger partial charge < -0.3 is 4.90 Å². The molecule has 18 heavy (non-hydrogen) atoms. The summed E-state index contributed by atoms with van der Waals surface area (Å²) in [6.07, 6.45) is 4.58. The minimum atomic E-state index is 0.660. The van der Waals surface area contributed by atoms with E-state index in [2.05, 4.69) is 9.88 Å². The number of likely N-dealkylation sites (N-methyl/N-ethyl adjacent to an activating group) is 1. The van der Waals surface area contributed by atoms with E-state index in [1.165, 1.54) is 5.56 Å². The summed E-state index contributed by atoms with van der Waals surface area (Å²) in [5.41, 5.74) is 2.30. The third kappa shape index (κ3) is 3.62. The van der Waals surface area contributed by atoms with Crippen molar-refractivity contribution in [3.63, 3.8) is 0 Å². The van der Waals surface area contributed by atoms with E-state index in [1.807, 2.05) is 43.7 Å². The number of halogens is 2. The summed E-state index contributed by atoms with van der Waals surface area (Å²) in [5.74, 6) is 0. The first-order chi connectivity index (χ1) is 8.65. The fourth-order valence-corrected chi connectivity index (χ4v) is 2.25. The second kappa shape index (κ2) is 6.07. The van der Waals surface area contributed by atoms with Gasteiger partial charge in [-0.2, -0.15) is 0 Å². The molecule has 0 spiro atoms. The number of benzene rings is 1. The molecule has 0 amide bonds. The average Bonchev–Trinajstić information content (AvgIpc) is 2.36. The van der Waals surface area contributed by atoms with Crippen molar-refractivity contribution in [3.8, 4) is 0 Å². The molecule has 2 nitrogen and oxygen atoms in total. The molecule has 1 heterocycles. The van der Waals surface area contributed by atoms with Crippen molar-refractivity contribution in [2.45, 2.75) is 6.42 Å². The third-order valence-electron chi connectivity index (χ3n) is 2.77. The molecule has 2 rings (SSSR count). The van der Waals surface area contributed by atoms with Gasteiger partial charge in [-0.05, 0) is 42.3 Å². The van der Waals surface area contributed by atoms with E-state index in [-0.39, 0.29) is 0 Å². The molecule has 0 saturated carbocycles. The molecular formula is C14H14Cl2N2. The maximum atomic E-state index is 5.99. The normalized spacial score (nSPS) is 10.4. The summed E-state index contributed by atoms with van der Waals surface area (Å²) in [5, 5.41) is 1.32. The van der Waals surface area contributed by atoms with E-state index in [0.717, 1.165) is 18.7 Å². The smallest absolute Gasteiger partial charge is 0.0441 e. The van der Waals surface area contributed by atoms with Crippen molar-refractivity contribution in [2.75, 3.05) is 18.5 Å². The Morgan fingerprint density at radius 1 is 1.06 bits per heavy atom. The van der Waals surface area contributed by atoms with E-state index < -0.39 is 0 Å². The van der Waals surface area contributed by atoms with Crippen LogP contribution in [0.25, 0.3) is 0 Å². The Hall–Kier alpha value is -1.25. The number of hydrogen-bond acceptors (Lipinski definition) is 2. The van der Waals surface area contributed by atoms with E-state index in [9.17, 15) is 0 Å². The molecule has 0 aliphatic heterocycles. The summed E-state index contributed by atoms with van der Waals surface area (Å²) in [7, 11) is 2.03. The number of pyridine rings is 1. The van der Waals surface area contributed by atoms with E-state index in [4.69, 9.17) is 23.2 Å². The predicted octanol–water partition coefficient (Wildman–Crippen LogP) is 4.07. The van der Waals surface area contributed by atoms with Gasteiger partial charge in [-0.1, -0.05) is 23.2 Å². The van der Waals surface area contributed by atoms with Crippen LogP contribution in [0, 0.1) is 0 Å². The lowest BCUT2D eigenvalue weighted by atomic mass is 10.2. The Morgan fingerprint density at radius 3 is 2.28 bits per heavy atom. The molecule has 1 aromatic heterocycles. The van der Waals surface area contributed by atoms with Crippen molar-refractivity contribution >= 4 is 28.9 Å². The summed E-state index contributed by atoms with van der Waals surface area (Å²) in [6, 6.07) is 9.63. The highest BCUT2D eigenvalue weighted by atomic mass is 35.5. The molecule has 2 aromatic rings. The predicted molar refractivity (Wildman–Crippen MR) is 77.7 cm³/mol. The van der Waals surface area contributed by atoms with Crippen LogP contribution in [0.2, 0.25) is 10.0 Å². The molecule has 4 heteroatoms. The van der Waals surface area contributed by atoms with Crippen LogP contribution in [0.1, 0.15) is 5.56 Å². The molecule has 0 N–H and O–H groups in total. The van der Waals surface area contributed by atoms with Gasteiger partial charge in [0.15, 0.2) is 0 Å². The Kier molecular flexibility index (Phi) is 4.45. The van der Waals surface area contributed by atoms with Crippen molar-refractivity contribution in [2.24, 2.45) is 0 Å². The zero-order valence-electron chi connectivity index (χ0n) is 10.1. The monoisotopic (exact) mass is 280 g/mol. The number of anilines is 1. The topological polar surface area (TPSA) is 16.1 Å². The standard InChI is InChI=1S/C14H14Cl2N2/c1-18(7-4-11-2-5-17-6-3-11)14-9-12(15)8-13(16)10-14/h2-3,5-6,8-10H,4,7H2,1H3. The highest BCUT2D eigenvalue weighted by molar-refractivity contribution is 6.35. The van der Waals surface area contributed by atoms with Crippen LogP contribution in [0.4, 0.5) is 5.69 Å². The second-order valence-electron chi connectivity index (χ2n) is 4.15. The highest BCUT2D eigenvalue weighted by Crippen LogP contribution is 2.24. The Labute approximate surface area is 117 Å². The lowest BCUT2D eigenvalue weighted by Crippen LogP contribution is -2.20. The molecular weight excluding hydrogens is 267 g/mol. The second-order valence-corrected chi connectivity index (χ2v) is 5.03. The summed E-state index contributed by atoms with van der Waals surface area (Å²) in [6.45, 7) is 0.903. The van der Waals surface area contributed by atoms with Crippen molar-refractivity contribution in [1.29, 1.82) is 0 Å². The van der Waals surface area contributed by atoms with Gasteiger partial charge in [0.1, 0.15) is 0 Å². The van der Waals surface area contributed by atoms with Gasteiger partial charge in [0, 0.05) is 41.7 Å². The van der Waals surface area contributed by atoms with Crippen LogP contribution in [0.5, 0.6) is 0 Å². The van der Waals surface area contributed by atoms with Gasteiger partial charge in [0.2, 0.25) is 0 Å². The lowest BCUT2D eigenvalue weighted by molar-refractivity contribution is 0.875. The summed E-state index contributed by atoms with van der Waals surface area (Å²) < 4.78 is 0. The molecule has 0 saturated heterocycles. The first-order valence-corrected chi connectivity index (χ1v) is 6.47. The van der Waals surface area contributed by atoms with Gasteiger partial charge in [-0.15, -0.1) is 0 Å². The largest absolute Gasteiger partial charge is 0.374 e. The zero-order chi connectivity index (χ0) is 13.0. The number of hydrogen-bond donors (Lipinski definition) is 0. The molecule has 94 valence electrons. The van der Waals surface area contributed by atoms with Crippen LogP contribution in [-0.2, 0) is 6.42 Å². The van der Waals surface area contributed by atoms with Crippen molar-refractivity contribution < 1.29 is 0 Å². The maximum absolute atomic E-state index is 5.99. The number of rotatable bonds is 4. The molecule has 0 aliphatic rings. The first-order valence-electron chi connectivity index (χ1n) is 5.71. The van der Waals surface area contributed by atoms with Crippen molar-refractivity contribution in [1.82, 2.24) is 4.98 Å². The van der Waals surface area contributed by atoms with Gasteiger partial charge in [-0.3, -0.25) is 4.98 Å². The summed E-state index contributed by atoms with van der Waals surface area (Å²) >= 11 is 12.0. The number of aromatic nitrogens is 1. The molecule has 1 aromatic carbocycles. The lowest BCUT2D eigenvalue weighted by Gasteiger charge is -2.19. The van der Waals surface area contributed by atoms with Crippen LogP contribution < -0.4 is 4.90 Å². The molecule has 0 bridgehead atoms. The van der Waals surface area contributed by atoms with Crippen LogP contribution in [0.3, 0.4) is 0 Å². The Balaban J connectivity index is 2.01. The minimum absolute atomic E-state index is 0.660. The molecule has 0 atom stereocenters. The van der Waals surface area contributed by atoms with E-state index >= 15 is 0 Å². The van der Waals surface area contributed by atoms with Crippen molar-refractivity contribution in [3.05, 3.63) is 58.3 Å². The Morgan fingerprint density at radius 2 is 1.67 bits per heavy atom. The van der Waals surface area contributed by atoms with Gasteiger partial charge in [-0.25, -0.2) is 0 Å². The van der Waals surface area contributed by atoms with Crippen LogP contribution >= 0.6 is 23.2 Å². The van der Waals surface area contributed by atoms with E-state index in [0.29, 0.717) is 10.0 Å². The molecule has 0 aliphatic carbocycles. The third-order valence-corrected chi connectivity index (χ3v) is 3.21. The first kappa shape index (κ1) is 13.2. The highest BCUT2D eigenvalue weighted by Gasteiger charge is 2.04. The molecule has 0 radical (unpaired) electrons. The summed E-state index contributed by atoms with van der Waals surface area (Å²) in [4.78, 5) is 6.14. The maximum Gasteiger partial charge on any atom is 0.0441 e. The van der Waals surface area contributed by atoms with Gasteiger partial charge in [0.25, 0.3) is 0 Å². The molecule has 0 fully saturated rings. The zero-order valence-corrected chi connectivity index (χ0v) is 11.6. The SMILES string of the molecule is CN(CCc1ccncc1)c1cc(Cl)cc(Cl)c1. The quantitative estimate of drug-likeness (QED) is 0.839. The van der Waals surface area contributed by atoms with Crippen LogP contribution in [0.15, 0.2) is 42.7 Å². The van der Waals surface area contributed by atoms with E-state index in [1.54, 1.807) is 6.07 Å². The fourth-order valence-electron chi connectivity index (χ4n) is 1.74. The molecule has 0 unspecified atom stereocenters. The number of nitrogens with zero attached hydrogens (tertiary/aromatic N) is 2. The minimum Gasteiger partial charge on any atom is -0.374 e. The van der Waals surface area contributed by atoms with Crippen LogP contribution in [-0.4, -0.2) is 18.6 Å². The fraction of sp³-hybridized carbons (Fsp3) is 0.214.